The number of carbonyl (C=O) groups is 6. The topological polar surface area (TPSA) is 263 Å². The van der Waals surface area contributed by atoms with E-state index in [1.807, 2.05) is 0 Å². The second-order valence-electron chi connectivity index (χ2n) is 12.0. The Hall–Kier alpha value is -3.88. The van der Waals surface area contributed by atoms with Gasteiger partial charge in [-0.1, -0.05) is 30.3 Å². The van der Waals surface area contributed by atoms with Crippen LogP contribution in [0.15, 0.2) is 30.3 Å². The Kier molecular flexibility index (Phi) is 28.1. The van der Waals surface area contributed by atoms with E-state index >= 15 is 0 Å². The average Bonchev–Trinajstić information content (AvgIpc) is 3.15. The van der Waals surface area contributed by atoms with Crippen molar-refractivity contribution in [2.24, 2.45) is 11.5 Å². The maximum absolute atomic E-state index is 13.1. The molecule has 0 aromatic heterocycles. The third-order valence-corrected chi connectivity index (χ3v) is 8.45. The van der Waals surface area contributed by atoms with Crippen LogP contribution in [-0.4, -0.2) is 143 Å². The second-order valence-corrected chi connectivity index (χ2v) is 13.1. The molecule has 0 saturated carbocycles. The molecular weight excluding hydrogens is 729 g/mol. The van der Waals surface area contributed by atoms with E-state index < -0.39 is 67.5 Å². The maximum Gasteiger partial charge on any atom is 0.326 e. The van der Waals surface area contributed by atoms with Crippen LogP contribution in [0, 0.1) is 0 Å². The quantitative estimate of drug-likeness (QED) is 0.0399. The molecule has 3 atom stereocenters. The lowest BCUT2D eigenvalue weighted by molar-refractivity contribution is -0.142. The molecule has 0 heterocycles. The van der Waals surface area contributed by atoms with Crippen molar-refractivity contribution in [3.05, 3.63) is 35.9 Å². The van der Waals surface area contributed by atoms with Crippen LogP contribution < -0.4 is 38.1 Å². The van der Waals surface area contributed by atoms with Gasteiger partial charge in [0.2, 0.25) is 29.5 Å². The Balaban J connectivity index is 2.64. The molecule has 1 aromatic carbocycles. The van der Waals surface area contributed by atoms with E-state index in [0.717, 1.165) is 0 Å². The van der Waals surface area contributed by atoms with Crippen molar-refractivity contribution in [2.75, 3.05) is 84.0 Å². The summed E-state index contributed by atoms with van der Waals surface area (Å²) >= 11 is 1.32. The average molecular weight is 788 g/mol. The van der Waals surface area contributed by atoms with Crippen LogP contribution in [0.3, 0.4) is 0 Å². The van der Waals surface area contributed by atoms with Gasteiger partial charge in [-0.15, -0.1) is 11.8 Å². The molecule has 0 fully saturated rings. The summed E-state index contributed by atoms with van der Waals surface area (Å²) in [5, 5.41) is 22.1. The van der Waals surface area contributed by atoms with Gasteiger partial charge < -0.3 is 57.4 Å². The summed E-state index contributed by atoms with van der Waals surface area (Å²) in [6.07, 6.45) is 2.81. The van der Waals surface area contributed by atoms with Crippen molar-refractivity contribution in [3.8, 4) is 0 Å². The molecule has 54 heavy (non-hydrogen) atoms. The van der Waals surface area contributed by atoms with E-state index in [0.29, 0.717) is 89.5 Å². The highest BCUT2D eigenvalue weighted by molar-refractivity contribution is 7.99. The van der Waals surface area contributed by atoms with Gasteiger partial charge in [-0.3, -0.25) is 24.0 Å². The molecule has 0 aliphatic rings. The smallest absolute Gasteiger partial charge is 0.326 e. The van der Waals surface area contributed by atoms with Crippen LogP contribution in [0.1, 0.15) is 44.1 Å². The largest absolute Gasteiger partial charge is 0.480 e. The van der Waals surface area contributed by atoms with Gasteiger partial charge in [-0.2, -0.15) is 0 Å². The number of hydrogen-bond donors (Lipinski definition) is 8. The van der Waals surface area contributed by atoms with E-state index in [9.17, 15) is 38.3 Å². The number of rotatable bonds is 33. The molecule has 0 radical (unpaired) electrons. The van der Waals surface area contributed by atoms with Crippen molar-refractivity contribution in [1.82, 2.24) is 26.6 Å². The first-order valence-electron chi connectivity index (χ1n) is 18.1. The number of unbranched alkanes of at least 4 members (excludes halogenated alkanes) is 2. The standard InChI is InChI=1S/C35H58FN7O10S/c36-12-15-51-16-17-52-18-19-53-20-21-54-25-32(46)41-27(10-4-6-13-37)33(47)39-24-31(45)43-29(22-26-8-2-1-3-9-26)34(48)40-23-30(44)42-28(35(49)50)11-5-7-14-38/h1-3,8-9,27-29H,4-7,10-25,37-38H2,(H,39,47)(H,40,48)(H,41,46)(H,42,44)(H,43,45)(H,49,50)/t27-,28-,29-/m0/s1. The molecule has 17 nitrogen and oxygen atoms in total. The first-order chi connectivity index (χ1) is 26.1. The van der Waals surface area contributed by atoms with E-state index in [2.05, 4.69) is 26.6 Å². The Morgan fingerprint density at radius 3 is 1.72 bits per heavy atom. The molecule has 0 bridgehead atoms. The molecule has 19 heteroatoms. The number of hydrogen-bond acceptors (Lipinski definition) is 12. The van der Waals surface area contributed by atoms with Crippen LogP contribution in [0.4, 0.5) is 4.39 Å². The number of halogens is 1. The molecule has 5 amide bonds. The highest BCUT2D eigenvalue weighted by Crippen LogP contribution is 2.06. The number of aliphatic carboxylic acids is 1. The predicted octanol–water partition coefficient (Wildman–Crippen LogP) is -0.989. The highest BCUT2D eigenvalue weighted by atomic mass is 32.2. The van der Waals surface area contributed by atoms with Gasteiger partial charge in [-0.05, 0) is 57.2 Å². The molecule has 0 spiro atoms. The molecule has 10 N–H and O–H groups in total. The lowest BCUT2D eigenvalue weighted by Gasteiger charge is -2.21. The number of carboxylic acids is 1. The fourth-order valence-electron chi connectivity index (χ4n) is 4.76. The van der Waals surface area contributed by atoms with Crippen molar-refractivity contribution in [3.63, 3.8) is 0 Å². The van der Waals surface area contributed by atoms with Crippen molar-refractivity contribution in [2.45, 2.75) is 63.1 Å². The number of ether oxygens (including phenoxy) is 3. The number of thioether (sulfide) groups is 1. The molecule has 1 aromatic rings. The van der Waals surface area contributed by atoms with Crippen molar-refractivity contribution >= 4 is 47.3 Å². The van der Waals surface area contributed by atoms with Crippen LogP contribution in [0.5, 0.6) is 0 Å². The van der Waals surface area contributed by atoms with Crippen molar-refractivity contribution < 1.29 is 52.5 Å². The number of carbonyl (C=O) groups excluding carboxylic acids is 5. The summed E-state index contributed by atoms with van der Waals surface area (Å²) in [4.78, 5) is 75.9. The SMILES string of the molecule is NCCCC[C@H](NC(=O)CNC(=O)[C@H](Cc1ccccc1)NC(=O)CNC(=O)[C@H](CCCCN)NC(=O)CSCCOCCOCCOCCF)C(=O)O. The summed E-state index contributed by atoms with van der Waals surface area (Å²) < 4.78 is 27.7. The lowest BCUT2D eigenvalue weighted by atomic mass is 10.1. The minimum absolute atomic E-state index is 0.0434. The number of benzene rings is 1. The number of amides is 5. The number of alkyl halides is 1. The number of nitrogens with one attached hydrogen (secondary N) is 5. The molecule has 0 aliphatic heterocycles. The van der Waals surface area contributed by atoms with Gasteiger partial charge in [0.1, 0.15) is 24.8 Å². The van der Waals surface area contributed by atoms with E-state index in [4.69, 9.17) is 25.7 Å². The fraction of sp³-hybridized carbons (Fsp3) is 0.657. The van der Waals surface area contributed by atoms with E-state index in [1.165, 1.54) is 11.8 Å². The van der Waals surface area contributed by atoms with Crippen LogP contribution in [-0.2, 0) is 49.4 Å². The van der Waals surface area contributed by atoms with Crippen LogP contribution in [0.2, 0.25) is 0 Å². The van der Waals surface area contributed by atoms with E-state index in [1.54, 1.807) is 30.3 Å². The van der Waals surface area contributed by atoms with Gasteiger partial charge in [0.05, 0.1) is 58.5 Å². The summed E-state index contributed by atoms with van der Waals surface area (Å²) in [5.41, 5.74) is 11.8. The Morgan fingerprint density at radius 2 is 1.17 bits per heavy atom. The minimum Gasteiger partial charge on any atom is -0.480 e. The third kappa shape index (κ3) is 24.4. The Morgan fingerprint density at radius 1 is 0.667 bits per heavy atom. The Bertz CT molecular complexity index is 1240. The molecule has 0 saturated heterocycles. The number of nitrogens with two attached hydrogens (primary N) is 2. The summed E-state index contributed by atoms with van der Waals surface area (Å²) in [6, 6.07) is 5.63. The molecular formula is C35H58FN7O10S. The molecule has 1 rings (SSSR count). The zero-order valence-electron chi connectivity index (χ0n) is 30.8. The first kappa shape index (κ1) is 48.1. The summed E-state index contributed by atoms with van der Waals surface area (Å²) in [5.74, 6) is -3.66. The van der Waals surface area contributed by atoms with E-state index in [-0.39, 0.29) is 31.1 Å². The van der Waals surface area contributed by atoms with Gasteiger partial charge in [0, 0.05) is 12.2 Å². The monoisotopic (exact) mass is 787 g/mol. The predicted molar refractivity (Wildman–Crippen MR) is 201 cm³/mol. The molecule has 306 valence electrons. The van der Waals surface area contributed by atoms with Gasteiger partial charge in [0.15, 0.2) is 0 Å². The normalized spacial score (nSPS) is 12.6. The van der Waals surface area contributed by atoms with Crippen LogP contribution in [0.25, 0.3) is 0 Å². The maximum atomic E-state index is 13.1. The summed E-state index contributed by atoms with van der Waals surface area (Å²) in [6.45, 7) is 1.01. The summed E-state index contributed by atoms with van der Waals surface area (Å²) in [7, 11) is 0. The van der Waals surface area contributed by atoms with Crippen molar-refractivity contribution in [1.29, 1.82) is 0 Å². The number of carboxylic acid groups (broad SMARTS) is 1. The van der Waals surface area contributed by atoms with Gasteiger partial charge >= 0.3 is 5.97 Å². The zero-order valence-corrected chi connectivity index (χ0v) is 31.6. The minimum atomic E-state index is -1.21. The Labute approximate surface area is 320 Å². The van der Waals surface area contributed by atoms with Crippen LogP contribution >= 0.6 is 11.8 Å². The van der Waals surface area contributed by atoms with Gasteiger partial charge in [-0.25, -0.2) is 9.18 Å². The highest BCUT2D eigenvalue weighted by Gasteiger charge is 2.25. The van der Waals surface area contributed by atoms with Gasteiger partial charge in [0.25, 0.3) is 0 Å². The lowest BCUT2D eigenvalue weighted by Crippen LogP contribution is -2.54. The molecule has 0 aliphatic carbocycles. The zero-order chi connectivity index (χ0) is 39.8. The second kappa shape index (κ2) is 31.5. The first-order valence-corrected chi connectivity index (χ1v) is 19.2. The molecule has 0 unspecified atom stereocenters. The fourth-order valence-corrected chi connectivity index (χ4v) is 5.41. The third-order valence-electron chi connectivity index (χ3n) is 7.53.